The van der Waals surface area contributed by atoms with Crippen molar-refractivity contribution >= 4 is 0 Å². The molecule has 1 fully saturated rings. The summed E-state index contributed by atoms with van der Waals surface area (Å²) >= 11 is 0. The van der Waals surface area contributed by atoms with Crippen molar-refractivity contribution in [2.24, 2.45) is 0 Å². The highest BCUT2D eigenvalue weighted by Gasteiger charge is 2.46. The monoisotopic (exact) mass is 248 g/mol. The standard InChI is InChI=1S/C16H26NO/c1-17(2,3)15(14-10-6-4-7-11-14)16(18)12-8-5-9-13-16/h4,6-7,10-11,15,18H,5,8-9,12-13H2,1-3H3/q+1/t15-/m0/s1. The molecule has 0 amide bonds. The second kappa shape index (κ2) is 5.02. The van der Waals surface area contributed by atoms with Crippen molar-refractivity contribution in [2.75, 3.05) is 21.1 Å². The van der Waals surface area contributed by atoms with Crippen LogP contribution in [0.3, 0.4) is 0 Å². The van der Waals surface area contributed by atoms with Gasteiger partial charge in [0, 0.05) is 5.56 Å². The molecule has 2 nitrogen and oxygen atoms in total. The molecule has 0 radical (unpaired) electrons. The first-order valence-corrected chi connectivity index (χ1v) is 7.02. The summed E-state index contributed by atoms with van der Waals surface area (Å²) in [5, 5.41) is 11.1. The fourth-order valence-electron chi connectivity index (χ4n) is 3.55. The lowest BCUT2D eigenvalue weighted by molar-refractivity contribution is -0.910. The van der Waals surface area contributed by atoms with Gasteiger partial charge < -0.3 is 9.59 Å². The molecule has 1 aliphatic carbocycles. The Morgan fingerprint density at radius 3 is 2.06 bits per heavy atom. The topological polar surface area (TPSA) is 20.2 Å². The summed E-state index contributed by atoms with van der Waals surface area (Å²) < 4.78 is 0.778. The van der Waals surface area contributed by atoms with E-state index in [4.69, 9.17) is 0 Å². The molecule has 1 aliphatic rings. The zero-order valence-electron chi connectivity index (χ0n) is 11.9. The van der Waals surface area contributed by atoms with Crippen LogP contribution in [-0.4, -0.2) is 36.3 Å². The van der Waals surface area contributed by atoms with Crippen LogP contribution in [0.4, 0.5) is 0 Å². The Bertz CT molecular complexity index is 374. The van der Waals surface area contributed by atoms with E-state index < -0.39 is 5.60 Å². The number of hydrogen-bond acceptors (Lipinski definition) is 1. The number of hydrogen-bond donors (Lipinski definition) is 1. The molecular formula is C16H26NO+. The third-order valence-corrected chi connectivity index (χ3v) is 4.12. The van der Waals surface area contributed by atoms with Crippen LogP contribution in [0.15, 0.2) is 30.3 Å². The van der Waals surface area contributed by atoms with E-state index in [2.05, 4.69) is 45.4 Å². The van der Waals surface area contributed by atoms with Crippen molar-refractivity contribution in [1.29, 1.82) is 0 Å². The Labute approximate surface area is 111 Å². The van der Waals surface area contributed by atoms with E-state index in [1.54, 1.807) is 0 Å². The summed E-state index contributed by atoms with van der Waals surface area (Å²) in [5.41, 5.74) is 0.715. The zero-order chi connectivity index (χ0) is 13.2. The van der Waals surface area contributed by atoms with Crippen LogP contribution in [0.1, 0.15) is 43.7 Å². The molecule has 0 aromatic heterocycles. The average molecular weight is 248 g/mol. The minimum absolute atomic E-state index is 0.166. The molecule has 1 saturated carbocycles. The molecule has 1 N–H and O–H groups in total. The highest BCUT2D eigenvalue weighted by atomic mass is 16.3. The Morgan fingerprint density at radius 1 is 1.00 bits per heavy atom. The second-order valence-corrected chi connectivity index (χ2v) is 6.59. The highest BCUT2D eigenvalue weighted by molar-refractivity contribution is 5.21. The minimum Gasteiger partial charge on any atom is -0.383 e. The van der Waals surface area contributed by atoms with Crippen molar-refractivity contribution in [2.45, 2.75) is 43.7 Å². The van der Waals surface area contributed by atoms with Gasteiger partial charge in [0.05, 0.1) is 21.1 Å². The number of aliphatic hydroxyl groups is 1. The second-order valence-electron chi connectivity index (χ2n) is 6.59. The molecule has 2 rings (SSSR count). The molecule has 0 bridgehead atoms. The van der Waals surface area contributed by atoms with E-state index in [9.17, 15) is 5.11 Å². The number of benzene rings is 1. The van der Waals surface area contributed by atoms with Gasteiger partial charge in [-0.3, -0.25) is 0 Å². The Balaban J connectivity index is 2.37. The van der Waals surface area contributed by atoms with E-state index in [0.717, 1.165) is 30.2 Å². The summed E-state index contributed by atoms with van der Waals surface area (Å²) in [4.78, 5) is 0. The Morgan fingerprint density at radius 2 is 1.56 bits per heavy atom. The number of quaternary nitrogens is 1. The van der Waals surface area contributed by atoms with Crippen molar-refractivity contribution in [3.63, 3.8) is 0 Å². The van der Waals surface area contributed by atoms with E-state index in [1.165, 1.54) is 12.0 Å². The van der Waals surface area contributed by atoms with Gasteiger partial charge in [0.25, 0.3) is 0 Å². The smallest absolute Gasteiger partial charge is 0.143 e. The number of rotatable bonds is 3. The van der Waals surface area contributed by atoms with E-state index in [1.807, 2.05) is 6.07 Å². The summed E-state index contributed by atoms with van der Waals surface area (Å²) in [7, 11) is 6.55. The molecule has 0 aliphatic heterocycles. The molecule has 18 heavy (non-hydrogen) atoms. The van der Waals surface area contributed by atoms with Gasteiger partial charge in [-0.05, 0) is 12.8 Å². The van der Waals surface area contributed by atoms with Crippen molar-refractivity contribution in [3.05, 3.63) is 35.9 Å². The zero-order valence-corrected chi connectivity index (χ0v) is 11.9. The number of nitrogens with zero attached hydrogens (tertiary/aromatic N) is 1. The van der Waals surface area contributed by atoms with Gasteiger partial charge in [-0.25, -0.2) is 0 Å². The van der Waals surface area contributed by atoms with Crippen molar-refractivity contribution in [3.8, 4) is 0 Å². The van der Waals surface area contributed by atoms with Crippen molar-refractivity contribution in [1.82, 2.24) is 0 Å². The predicted octanol–water partition coefficient (Wildman–Crippen LogP) is 3.13. The summed E-state index contributed by atoms with van der Waals surface area (Å²) in [6.07, 6.45) is 5.44. The number of likely N-dealkylation sites (N-methyl/N-ethyl adjacent to an activating group) is 1. The van der Waals surface area contributed by atoms with E-state index in [-0.39, 0.29) is 6.04 Å². The predicted molar refractivity (Wildman–Crippen MR) is 75.3 cm³/mol. The first kappa shape index (κ1) is 13.6. The maximum atomic E-state index is 11.1. The van der Waals surface area contributed by atoms with E-state index >= 15 is 0 Å². The van der Waals surface area contributed by atoms with Crippen LogP contribution in [0.2, 0.25) is 0 Å². The molecule has 0 heterocycles. The summed E-state index contributed by atoms with van der Waals surface area (Å²) in [5.74, 6) is 0. The van der Waals surface area contributed by atoms with Crippen molar-refractivity contribution < 1.29 is 9.59 Å². The quantitative estimate of drug-likeness (QED) is 0.815. The minimum atomic E-state index is -0.544. The van der Waals surface area contributed by atoms with Gasteiger partial charge in [0.15, 0.2) is 0 Å². The first-order chi connectivity index (χ1) is 8.43. The SMILES string of the molecule is C[N+](C)(C)[C@@H](c1ccccc1)C1(O)CCCCC1. The van der Waals surface area contributed by atoms with Crippen LogP contribution in [-0.2, 0) is 0 Å². The third-order valence-electron chi connectivity index (χ3n) is 4.12. The Kier molecular flexibility index (Phi) is 3.79. The molecule has 0 saturated heterocycles. The normalized spacial score (nSPS) is 21.6. The fourth-order valence-corrected chi connectivity index (χ4v) is 3.55. The van der Waals surface area contributed by atoms with Gasteiger partial charge >= 0.3 is 0 Å². The molecular weight excluding hydrogens is 222 g/mol. The summed E-state index contributed by atoms with van der Waals surface area (Å²) in [6.45, 7) is 0. The average Bonchev–Trinajstić information content (AvgIpc) is 2.29. The van der Waals surface area contributed by atoms with Gasteiger partial charge in [-0.2, -0.15) is 0 Å². The largest absolute Gasteiger partial charge is 0.383 e. The lowest BCUT2D eigenvalue weighted by Gasteiger charge is -2.46. The van der Waals surface area contributed by atoms with Gasteiger partial charge in [-0.1, -0.05) is 49.6 Å². The maximum Gasteiger partial charge on any atom is 0.143 e. The van der Waals surface area contributed by atoms with Crippen LogP contribution in [0.5, 0.6) is 0 Å². The molecule has 1 aromatic carbocycles. The summed E-state index contributed by atoms with van der Waals surface area (Å²) in [6, 6.07) is 10.7. The van der Waals surface area contributed by atoms with Gasteiger partial charge in [0.1, 0.15) is 11.6 Å². The molecule has 2 heteroatoms. The molecule has 100 valence electrons. The fraction of sp³-hybridized carbons (Fsp3) is 0.625. The lowest BCUT2D eigenvalue weighted by atomic mass is 9.75. The van der Waals surface area contributed by atoms with Gasteiger partial charge in [-0.15, -0.1) is 0 Å². The molecule has 0 spiro atoms. The molecule has 0 unspecified atom stereocenters. The van der Waals surface area contributed by atoms with Crippen LogP contribution >= 0.6 is 0 Å². The van der Waals surface area contributed by atoms with Crippen LogP contribution in [0, 0.1) is 0 Å². The Hall–Kier alpha value is -0.860. The van der Waals surface area contributed by atoms with Gasteiger partial charge in [0.2, 0.25) is 0 Å². The van der Waals surface area contributed by atoms with Crippen LogP contribution in [0.25, 0.3) is 0 Å². The van der Waals surface area contributed by atoms with Crippen LogP contribution < -0.4 is 0 Å². The molecule has 1 atom stereocenters. The maximum absolute atomic E-state index is 11.1. The van der Waals surface area contributed by atoms with E-state index in [0.29, 0.717) is 0 Å². The molecule has 1 aromatic rings. The third kappa shape index (κ3) is 2.76. The lowest BCUT2D eigenvalue weighted by Crippen LogP contribution is -2.53. The highest BCUT2D eigenvalue weighted by Crippen LogP contribution is 2.43. The first-order valence-electron chi connectivity index (χ1n) is 7.02.